The van der Waals surface area contributed by atoms with Crippen molar-refractivity contribution in [1.82, 2.24) is 25.1 Å². The zero-order valence-corrected chi connectivity index (χ0v) is 14.6. The lowest BCUT2D eigenvalue weighted by Gasteiger charge is -2.26. The van der Waals surface area contributed by atoms with E-state index in [-0.39, 0.29) is 12.3 Å². The molecule has 1 saturated heterocycles. The first-order valence-corrected chi connectivity index (χ1v) is 8.91. The molecule has 3 aromatic rings. The van der Waals surface area contributed by atoms with Gasteiger partial charge in [0.05, 0.1) is 37.0 Å². The van der Waals surface area contributed by atoms with Crippen LogP contribution in [0.1, 0.15) is 10.7 Å². The van der Waals surface area contributed by atoms with Crippen molar-refractivity contribution in [1.29, 1.82) is 0 Å². The molecule has 7 nitrogen and oxygen atoms in total. The number of morpholine rings is 1. The molecule has 0 aromatic carbocycles. The van der Waals surface area contributed by atoms with Gasteiger partial charge >= 0.3 is 0 Å². The van der Waals surface area contributed by atoms with E-state index < -0.39 is 0 Å². The van der Waals surface area contributed by atoms with Crippen molar-refractivity contribution < 1.29 is 9.53 Å². The fraction of sp³-hybridized carbons (Fsp3) is 0.353. The van der Waals surface area contributed by atoms with Crippen LogP contribution in [0.25, 0.3) is 21.5 Å². The summed E-state index contributed by atoms with van der Waals surface area (Å²) in [7, 11) is 0. The van der Waals surface area contributed by atoms with Crippen LogP contribution in [-0.2, 0) is 16.0 Å². The van der Waals surface area contributed by atoms with Crippen LogP contribution in [0.3, 0.4) is 0 Å². The summed E-state index contributed by atoms with van der Waals surface area (Å²) in [6.45, 7) is 4.43. The van der Waals surface area contributed by atoms with Crippen molar-refractivity contribution in [3.63, 3.8) is 0 Å². The highest BCUT2D eigenvalue weighted by Gasteiger charge is 2.17. The lowest BCUT2D eigenvalue weighted by molar-refractivity contribution is -0.134. The molecule has 4 heterocycles. The Morgan fingerprint density at radius 3 is 2.80 bits per heavy atom. The molecule has 0 N–H and O–H groups in total. The number of aryl methyl sites for hydroxylation is 1. The summed E-state index contributed by atoms with van der Waals surface area (Å²) in [6.07, 6.45) is 3.78. The summed E-state index contributed by atoms with van der Waals surface area (Å²) >= 11 is 1.53. The van der Waals surface area contributed by atoms with Crippen LogP contribution in [0.15, 0.2) is 24.5 Å². The molecule has 4 rings (SSSR count). The minimum absolute atomic E-state index is 0.0824. The highest BCUT2D eigenvalue weighted by molar-refractivity contribution is 7.14. The van der Waals surface area contributed by atoms with Gasteiger partial charge < -0.3 is 9.64 Å². The van der Waals surface area contributed by atoms with Crippen LogP contribution < -0.4 is 0 Å². The van der Waals surface area contributed by atoms with E-state index in [1.165, 1.54) is 11.3 Å². The van der Waals surface area contributed by atoms with Gasteiger partial charge in [0.15, 0.2) is 0 Å². The molecule has 25 heavy (non-hydrogen) atoms. The van der Waals surface area contributed by atoms with Gasteiger partial charge in [0.25, 0.3) is 0 Å². The maximum Gasteiger partial charge on any atom is 0.228 e. The van der Waals surface area contributed by atoms with Crippen molar-refractivity contribution in [3.8, 4) is 10.6 Å². The summed E-state index contributed by atoms with van der Waals surface area (Å²) in [6, 6.07) is 3.95. The number of fused-ring (bicyclic) bond motifs is 1. The Labute approximate surface area is 148 Å². The fourth-order valence-corrected chi connectivity index (χ4v) is 3.46. The van der Waals surface area contributed by atoms with Crippen molar-refractivity contribution >= 4 is 28.1 Å². The van der Waals surface area contributed by atoms with E-state index in [2.05, 4.69) is 20.2 Å². The standard InChI is InChI=1S/C17H17N5O2S/c1-11-20-21-17(25-11)13-6-12-7-14(18-10-15(12)19-9-13)8-16(23)22-2-4-24-5-3-22/h6-7,9-10H,2-5,8H2,1H3. The predicted octanol–water partition coefficient (Wildman–Crippen LogP) is 1.86. The second kappa shape index (κ2) is 6.81. The molecule has 0 radical (unpaired) electrons. The molecule has 1 aliphatic rings. The summed E-state index contributed by atoms with van der Waals surface area (Å²) in [5.41, 5.74) is 2.47. The largest absolute Gasteiger partial charge is 0.378 e. The predicted molar refractivity (Wildman–Crippen MR) is 94.3 cm³/mol. The molecular formula is C17H17N5O2S. The van der Waals surface area contributed by atoms with Crippen LogP contribution in [-0.4, -0.2) is 57.3 Å². The number of amides is 1. The average Bonchev–Trinajstić information content (AvgIpc) is 3.08. The van der Waals surface area contributed by atoms with Crippen LogP contribution in [0.4, 0.5) is 0 Å². The van der Waals surface area contributed by atoms with Crippen molar-refractivity contribution in [2.75, 3.05) is 26.3 Å². The van der Waals surface area contributed by atoms with E-state index in [4.69, 9.17) is 4.74 Å². The summed E-state index contributed by atoms with van der Waals surface area (Å²) in [5.74, 6) is 0.0824. The topological polar surface area (TPSA) is 81.1 Å². The Morgan fingerprint density at radius 1 is 1.20 bits per heavy atom. The number of pyridine rings is 2. The first kappa shape index (κ1) is 16.0. The first-order chi connectivity index (χ1) is 12.2. The minimum Gasteiger partial charge on any atom is -0.378 e. The SMILES string of the molecule is Cc1nnc(-c2cnc3cnc(CC(=O)N4CCOCC4)cc3c2)s1. The van der Waals surface area contributed by atoms with Gasteiger partial charge in [-0.3, -0.25) is 14.8 Å². The number of aromatic nitrogens is 4. The van der Waals surface area contributed by atoms with E-state index in [9.17, 15) is 4.79 Å². The third-order valence-corrected chi connectivity index (χ3v) is 4.98. The smallest absolute Gasteiger partial charge is 0.228 e. The van der Waals surface area contributed by atoms with E-state index in [1.54, 1.807) is 12.4 Å². The molecule has 3 aromatic heterocycles. The highest BCUT2D eigenvalue weighted by atomic mass is 32.1. The Morgan fingerprint density at radius 2 is 2.04 bits per heavy atom. The number of ether oxygens (including phenoxy) is 1. The fourth-order valence-electron chi connectivity index (χ4n) is 2.78. The Balaban J connectivity index is 1.59. The average molecular weight is 355 g/mol. The summed E-state index contributed by atoms with van der Waals surface area (Å²) in [4.78, 5) is 23.0. The molecule has 1 fully saturated rings. The molecule has 1 amide bonds. The molecule has 128 valence electrons. The minimum atomic E-state index is 0.0824. The van der Waals surface area contributed by atoms with Crippen LogP contribution >= 0.6 is 11.3 Å². The van der Waals surface area contributed by atoms with Gasteiger partial charge in [0.1, 0.15) is 10.0 Å². The van der Waals surface area contributed by atoms with Gasteiger partial charge in [-0.15, -0.1) is 10.2 Å². The third kappa shape index (κ3) is 3.49. The van der Waals surface area contributed by atoms with Crippen LogP contribution in [0.5, 0.6) is 0 Å². The molecule has 0 bridgehead atoms. The Hall–Kier alpha value is -2.45. The first-order valence-electron chi connectivity index (χ1n) is 8.10. The molecule has 0 saturated carbocycles. The van der Waals surface area contributed by atoms with Crippen molar-refractivity contribution in [3.05, 3.63) is 35.2 Å². The maximum absolute atomic E-state index is 12.4. The van der Waals surface area contributed by atoms with Gasteiger partial charge in [0, 0.05) is 30.2 Å². The Kier molecular flexibility index (Phi) is 4.37. The lowest BCUT2D eigenvalue weighted by Crippen LogP contribution is -2.41. The quantitative estimate of drug-likeness (QED) is 0.713. The summed E-state index contributed by atoms with van der Waals surface area (Å²) in [5, 5.41) is 10.9. The molecule has 0 atom stereocenters. The molecule has 0 unspecified atom stereocenters. The van der Waals surface area contributed by atoms with Gasteiger partial charge in [-0.1, -0.05) is 11.3 Å². The zero-order valence-electron chi connectivity index (χ0n) is 13.8. The Bertz CT molecular complexity index is 920. The normalized spacial score (nSPS) is 14.8. The maximum atomic E-state index is 12.4. The molecule has 1 aliphatic heterocycles. The van der Waals surface area contributed by atoms with E-state index >= 15 is 0 Å². The number of rotatable bonds is 3. The van der Waals surface area contributed by atoms with Crippen molar-refractivity contribution in [2.24, 2.45) is 0 Å². The lowest BCUT2D eigenvalue weighted by atomic mass is 10.1. The number of hydrogen-bond acceptors (Lipinski definition) is 7. The second-order valence-electron chi connectivity index (χ2n) is 5.89. The third-order valence-electron chi connectivity index (χ3n) is 4.09. The number of carbonyl (C=O) groups is 1. The summed E-state index contributed by atoms with van der Waals surface area (Å²) < 4.78 is 5.29. The number of nitrogens with zero attached hydrogens (tertiary/aromatic N) is 5. The molecular weight excluding hydrogens is 338 g/mol. The van der Waals surface area contributed by atoms with Crippen molar-refractivity contribution in [2.45, 2.75) is 13.3 Å². The van der Waals surface area contributed by atoms with E-state index in [0.717, 1.165) is 32.2 Å². The molecule has 8 heteroatoms. The van der Waals surface area contributed by atoms with E-state index in [1.807, 2.05) is 24.0 Å². The van der Waals surface area contributed by atoms with Gasteiger partial charge in [-0.05, 0) is 19.1 Å². The van der Waals surface area contributed by atoms with Crippen LogP contribution in [0, 0.1) is 6.92 Å². The number of carbonyl (C=O) groups excluding carboxylic acids is 1. The van der Waals surface area contributed by atoms with Gasteiger partial charge in [-0.2, -0.15) is 0 Å². The van der Waals surface area contributed by atoms with Gasteiger partial charge in [0.2, 0.25) is 5.91 Å². The zero-order chi connectivity index (χ0) is 17.2. The van der Waals surface area contributed by atoms with Gasteiger partial charge in [-0.25, -0.2) is 0 Å². The monoisotopic (exact) mass is 355 g/mol. The van der Waals surface area contributed by atoms with E-state index in [0.29, 0.717) is 26.3 Å². The molecule has 0 aliphatic carbocycles. The molecule has 0 spiro atoms. The highest BCUT2D eigenvalue weighted by Crippen LogP contribution is 2.25. The van der Waals surface area contributed by atoms with Crippen LogP contribution in [0.2, 0.25) is 0 Å². The number of hydrogen-bond donors (Lipinski definition) is 0. The second-order valence-corrected chi connectivity index (χ2v) is 7.07.